The van der Waals surface area contributed by atoms with Gasteiger partial charge in [-0.05, 0) is 17.7 Å². The van der Waals surface area contributed by atoms with Crippen LogP contribution in [0.3, 0.4) is 0 Å². The SMILES string of the molecule is NC(=O)C(O)CNC(=O)Cc1ccc(C(F)(F)F)cc1. The Kier molecular flexibility index (Phi) is 5.09. The molecular formula is C12H13F3N2O3. The van der Waals surface area contributed by atoms with Crippen LogP contribution in [0.4, 0.5) is 13.2 Å². The van der Waals surface area contributed by atoms with Crippen LogP contribution in [0.25, 0.3) is 0 Å². The summed E-state index contributed by atoms with van der Waals surface area (Å²) in [5.41, 5.74) is 4.36. The van der Waals surface area contributed by atoms with Crippen LogP contribution in [0.2, 0.25) is 0 Å². The number of carbonyl (C=O) groups excluding carboxylic acids is 2. The summed E-state index contributed by atoms with van der Waals surface area (Å²) >= 11 is 0. The van der Waals surface area contributed by atoms with Gasteiger partial charge in [-0.3, -0.25) is 9.59 Å². The molecule has 1 aromatic carbocycles. The van der Waals surface area contributed by atoms with Gasteiger partial charge in [-0.15, -0.1) is 0 Å². The molecular weight excluding hydrogens is 277 g/mol. The van der Waals surface area contributed by atoms with E-state index in [-0.39, 0.29) is 13.0 Å². The Bertz CT molecular complexity index is 486. The van der Waals surface area contributed by atoms with E-state index in [0.717, 1.165) is 12.1 Å². The number of rotatable bonds is 5. The van der Waals surface area contributed by atoms with Crippen LogP contribution >= 0.6 is 0 Å². The average molecular weight is 290 g/mol. The number of aliphatic hydroxyl groups is 1. The maximum absolute atomic E-state index is 12.3. The minimum atomic E-state index is -4.42. The molecule has 0 saturated carbocycles. The first-order valence-electron chi connectivity index (χ1n) is 5.60. The molecule has 0 aromatic heterocycles. The van der Waals surface area contributed by atoms with E-state index in [2.05, 4.69) is 5.32 Å². The molecule has 8 heteroatoms. The first-order chi connectivity index (χ1) is 9.20. The van der Waals surface area contributed by atoms with E-state index in [1.165, 1.54) is 12.1 Å². The van der Waals surface area contributed by atoms with Crippen molar-refractivity contribution >= 4 is 11.8 Å². The molecule has 0 heterocycles. The zero-order valence-electron chi connectivity index (χ0n) is 10.3. The highest BCUT2D eigenvalue weighted by Gasteiger charge is 2.29. The summed E-state index contributed by atoms with van der Waals surface area (Å²) in [5, 5.41) is 11.3. The highest BCUT2D eigenvalue weighted by Crippen LogP contribution is 2.29. The first kappa shape index (κ1) is 16.0. The third kappa shape index (κ3) is 4.88. The first-order valence-corrected chi connectivity index (χ1v) is 5.60. The molecule has 4 N–H and O–H groups in total. The van der Waals surface area contributed by atoms with Gasteiger partial charge in [-0.2, -0.15) is 13.2 Å². The Balaban J connectivity index is 2.53. The fourth-order valence-electron chi connectivity index (χ4n) is 1.37. The zero-order chi connectivity index (χ0) is 15.3. The zero-order valence-corrected chi connectivity index (χ0v) is 10.3. The lowest BCUT2D eigenvalue weighted by atomic mass is 10.1. The largest absolute Gasteiger partial charge is 0.416 e. The fourth-order valence-corrected chi connectivity index (χ4v) is 1.37. The van der Waals surface area contributed by atoms with Crippen molar-refractivity contribution in [1.82, 2.24) is 5.32 Å². The van der Waals surface area contributed by atoms with Crippen molar-refractivity contribution in [1.29, 1.82) is 0 Å². The maximum Gasteiger partial charge on any atom is 0.416 e. The number of primary amides is 1. The Labute approximate surface area is 112 Å². The summed E-state index contributed by atoms with van der Waals surface area (Å²) < 4.78 is 36.9. The molecule has 0 aliphatic rings. The average Bonchev–Trinajstić information content (AvgIpc) is 2.35. The van der Waals surface area contributed by atoms with Gasteiger partial charge in [0.25, 0.3) is 0 Å². The molecule has 0 bridgehead atoms. The highest BCUT2D eigenvalue weighted by molar-refractivity contribution is 5.81. The van der Waals surface area contributed by atoms with Gasteiger partial charge in [-0.1, -0.05) is 12.1 Å². The predicted octanol–water partition coefficient (Wildman–Crippen LogP) is 0.210. The number of aliphatic hydroxyl groups excluding tert-OH is 1. The summed E-state index contributed by atoms with van der Waals surface area (Å²) in [4.78, 5) is 21.9. The molecule has 1 rings (SSSR count). The van der Waals surface area contributed by atoms with Crippen molar-refractivity contribution < 1.29 is 27.9 Å². The number of amides is 2. The lowest BCUT2D eigenvalue weighted by Gasteiger charge is -2.09. The van der Waals surface area contributed by atoms with Crippen molar-refractivity contribution in [2.24, 2.45) is 5.73 Å². The van der Waals surface area contributed by atoms with Crippen LogP contribution in [0.15, 0.2) is 24.3 Å². The van der Waals surface area contributed by atoms with Gasteiger partial charge in [0.2, 0.25) is 11.8 Å². The molecule has 0 saturated heterocycles. The van der Waals surface area contributed by atoms with Gasteiger partial charge in [0, 0.05) is 0 Å². The smallest absolute Gasteiger partial charge is 0.381 e. The number of hydrogen-bond acceptors (Lipinski definition) is 3. The molecule has 1 aromatic rings. The van der Waals surface area contributed by atoms with Gasteiger partial charge < -0.3 is 16.2 Å². The summed E-state index contributed by atoms with van der Waals surface area (Å²) in [6.45, 7) is -0.338. The second-order valence-electron chi connectivity index (χ2n) is 4.09. The summed E-state index contributed by atoms with van der Waals surface area (Å²) in [7, 11) is 0. The van der Waals surface area contributed by atoms with E-state index in [1.54, 1.807) is 0 Å². The van der Waals surface area contributed by atoms with Crippen LogP contribution in [-0.4, -0.2) is 29.6 Å². The molecule has 0 aliphatic carbocycles. The number of halogens is 3. The third-order valence-electron chi connectivity index (χ3n) is 2.47. The third-order valence-corrected chi connectivity index (χ3v) is 2.47. The van der Waals surface area contributed by atoms with Crippen LogP contribution in [0.5, 0.6) is 0 Å². The molecule has 1 unspecified atom stereocenters. The maximum atomic E-state index is 12.3. The van der Waals surface area contributed by atoms with E-state index in [1.807, 2.05) is 0 Å². The van der Waals surface area contributed by atoms with Crippen LogP contribution in [-0.2, 0) is 22.2 Å². The van der Waals surface area contributed by atoms with Crippen molar-refractivity contribution in [2.75, 3.05) is 6.54 Å². The number of alkyl halides is 3. The van der Waals surface area contributed by atoms with Crippen LogP contribution in [0.1, 0.15) is 11.1 Å². The van der Waals surface area contributed by atoms with Gasteiger partial charge in [0.15, 0.2) is 0 Å². The normalized spacial score (nSPS) is 12.8. The molecule has 0 spiro atoms. The van der Waals surface area contributed by atoms with E-state index >= 15 is 0 Å². The molecule has 0 radical (unpaired) electrons. The Morgan fingerprint density at radius 3 is 2.25 bits per heavy atom. The van der Waals surface area contributed by atoms with Gasteiger partial charge >= 0.3 is 6.18 Å². The molecule has 0 fully saturated rings. The summed E-state index contributed by atoms with van der Waals surface area (Å²) in [6.07, 6.45) is -6.08. The monoisotopic (exact) mass is 290 g/mol. The lowest BCUT2D eigenvalue weighted by molar-refractivity contribution is -0.137. The minimum Gasteiger partial charge on any atom is -0.381 e. The standard InChI is InChI=1S/C12H13F3N2O3/c13-12(14,15)8-3-1-7(2-4-8)5-10(19)17-6-9(18)11(16)20/h1-4,9,18H,5-6H2,(H2,16,20)(H,17,19). The number of nitrogens with one attached hydrogen (secondary N) is 1. The van der Waals surface area contributed by atoms with E-state index in [0.29, 0.717) is 5.56 Å². The van der Waals surface area contributed by atoms with Crippen molar-refractivity contribution in [3.8, 4) is 0 Å². The fraction of sp³-hybridized carbons (Fsp3) is 0.333. The van der Waals surface area contributed by atoms with E-state index < -0.39 is 29.7 Å². The quantitative estimate of drug-likeness (QED) is 0.724. The number of carbonyl (C=O) groups is 2. The Morgan fingerprint density at radius 2 is 1.80 bits per heavy atom. The van der Waals surface area contributed by atoms with E-state index in [4.69, 9.17) is 10.8 Å². The number of nitrogens with two attached hydrogens (primary N) is 1. The van der Waals surface area contributed by atoms with Crippen LogP contribution < -0.4 is 11.1 Å². The van der Waals surface area contributed by atoms with Crippen molar-refractivity contribution in [2.45, 2.75) is 18.7 Å². The Hall–Kier alpha value is -2.09. The summed E-state index contributed by atoms with van der Waals surface area (Å²) in [5.74, 6) is -1.51. The number of hydrogen-bond donors (Lipinski definition) is 3. The molecule has 5 nitrogen and oxygen atoms in total. The second-order valence-corrected chi connectivity index (χ2v) is 4.09. The van der Waals surface area contributed by atoms with Crippen LogP contribution in [0, 0.1) is 0 Å². The van der Waals surface area contributed by atoms with Crippen molar-refractivity contribution in [3.05, 3.63) is 35.4 Å². The van der Waals surface area contributed by atoms with Gasteiger partial charge in [0.05, 0.1) is 18.5 Å². The van der Waals surface area contributed by atoms with Crippen molar-refractivity contribution in [3.63, 3.8) is 0 Å². The topological polar surface area (TPSA) is 92.4 Å². The number of benzene rings is 1. The van der Waals surface area contributed by atoms with Gasteiger partial charge in [0.1, 0.15) is 6.10 Å². The molecule has 110 valence electrons. The highest BCUT2D eigenvalue weighted by atomic mass is 19.4. The molecule has 20 heavy (non-hydrogen) atoms. The van der Waals surface area contributed by atoms with Gasteiger partial charge in [-0.25, -0.2) is 0 Å². The molecule has 0 aliphatic heterocycles. The van der Waals surface area contributed by atoms with E-state index in [9.17, 15) is 22.8 Å². The lowest BCUT2D eigenvalue weighted by Crippen LogP contribution is -2.40. The molecule has 2 amide bonds. The second kappa shape index (κ2) is 6.38. The Morgan fingerprint density at radius 1 is 1.25 bits per heavy atom. The summed E-state index contributed by atoms with van der Waals surface area (Å²) in [6, 6.07) is 4.13. The molecule has 1 atom stereocenters. The minimum absolute atomic E-state index is 0.163. The predicted molar refractivity (Wildman–Crippen MR) is 63.4 cm³/mol.